The first-order chi connectivity index (χ1) is 13.8. The fourth-order valence-corrected chi connectivity index (χ4v) is 3.62. The van der Waals surface area contributed by atoms with Gasteiger partial charge in [-0.2, -0.15) is 13.2 Å². The molecule has 1 aliphatic rings. The van der Waals surface area contributed by atoms with E-state index < -0.39 is 11.7 Å². The molecule has 1 aromatic heterocycles. The fraction of sp³-hybridized carbons (Fsp3) is 0.350. The highest BCUT2D eigenvalue weighted by atomic mass is 19.4. The summed E-state index contributed by atoms with van der Waals surface area (Å²) in [5.41, 5.74) is 12.9. The lowest BCUT2D eigenvalue weighted by atomic mass is 9.89. The third-order valence-corrected chi connectivity index (χ3v) is 5.20. The van der Waals surface area contributed by atoms with Gasteiger partial charge in [-0.1, -0.05) is 12.1 Å². The van der Waals surface area contributed by atoms with Gasteiger partial charge in [0.1, 0.15) is 18.0 Å². The molecule has 0 bridgehead atoms. The highest BCUT2D eigenvalue weighted by Gasteiger charge is 2.30. The van der Waals surface area contributed by atoms with E-state index >= 15 is 0 Å². The van der Waals surface area contributed by atoms with Crippen LogP contribution >= 0.6 is 0 Å². The summed E-state index contributed by atoms with van der Waals surface area (Å²) in [7, 11) is 0. The number of anilines is 2. The predicted octanol–water partition coefficient (Wildman–Crippen LogP) is 3.49. The van der Waals surface area contributed by atoms with E-state index in [1.807, 2.05) is 0 Å². The first-order valence-corrected chi connectivity index (χ1v) is 9.27. The summed E-state index contributed by atoms with van der Waals surface area (Å²) in [6, 6.07) is 5.39. The Morgan fingerprint density at radius 3 is 2.38 bits per heavy atom. The van der Waals surface area contributed by atoms with Crippen molar-refractivity contribution in [1.29, 1.82) is 5.41 Å². The standard InChI is InChI=1S/C20H23F3N6/c21-20(22,23)16-3-1-13(2-4-16)9-14-5-7-29(8-6-14)19-17(15(10-24)11-25)18(26)27-12-28-19/h1-4,10-12,14,24H,5-9,25H2,(H2,26,27,28). The van der Waals surface area contributed by atoms with Crippen LogP contribution in [0.15, 0.2) is 36.8 Å². The second-order valence-electron chi connectivity index (χ2n) is 7.05. The monoisotopic (exact) mass is 404 g/mol. The van der Waals surface area contributed by atoms with Crippen molar-refractivity contribution in [1.82, 2.24) is 9.97 Å². The maximum Gasteiger partial charge on any atom is 0.416 e. The summed E-state index contributed by atoms with van der Waals surface area (Å²) in [4.78, 5) is 10.4. The molecular weight excluding hydrogens is 381 g/mol. The zero-order chi connectivity index (χ0) is 21.0. The lowest BCUT2D eigenvalue weighted by Crippen LogP contribution is -2.35. The highest BCUT2D eigenvalue weighted by Crippen LogP contribution is 2.32. The highest BCUT2D eigenvalue weighted by molar-refractivity contribution is 6.12. The van der Waals surface area contributed by atoms with Crippen LogP contribution in [0.4, 0.5) is 24.8 Å². The van der Waals surface area contributed by atoms with Crippen LogP contribution in [-0.4, -0.2) is 29.3 Å². The number of nitrogens with zero attached hydrogens (tertiary/aromatic N) is 3. The molecule has 2 aromatic rings. The van der Waals surface area contributed by atoms with Gasteiger partial charge in [0.05, 0.1) is 11.1 Å². The number of nitrogen functional groups attached to an aromatic ring is 1. The van der Waals surface area contributed by atoms with E-state index in [4.69, 9.17) is 16.9 Å². The van der Waals surface area contributed by atoms with Crippen LogP contribution in [0, 0.1) is 11.3 Å². The number of aromatic nitrogens is 2. The summed E-state index contributed by atoms with van der Waals surface area (Å²) in [5.74, 6) is 1.28. The quantitative estimate of drug-likeness (QED) is 0.662. The Hall–Kier alpha value is -3.10. The molecule has 1 aromatic carbocycles. The first kappa shape index (κ1) is 20.6. The van der Waals surface area contributed by atoms with Crippen LogP contribution < -0.4 is 16.4 Å². The molecule has 0 unspecified atom stereocenters. The number of hydrogen-bond donors (Lipinski definition) is 3. The van der Waals surface area contributed by atoms with Gasteiger partial charge >= 0.3 is 6.18 Å². The minimum Gasteiger partial charge on any atom is -0.404 e. The van der Waals surface area contributed by atoms with Crippen molar-refractivity contribution in [3.63, 3.8) is 0 Å². The van der Waals surface area contributed by atoms with Gasteiger partial charge in [-0.15, -0.1) is 0 Å². The van der Waals surface area contributed by atoms with Gasteiger partial charge in [-0.25, -0.2) is 9.97 Å². The van der Waals surface area contributed by atoms with E-state index in [2.05, 4.69) is 14.9 Å². The topological polar surface area (TPSA) is 105 Å². The molecule has 29 heavy (non-hydrogen) atoms. The van der Waals surface area contributed by atoms with Crippen LogP contribution in [-0.2, 0) is 12.6 Å². The SMILES string of the molecule is N=CC(=CN)c1c(N)ncnc1N1CCC(Cc2ccc(C(F)(F)F)cc2)CC1. The Morgan fingerprint density at radius 1 is 1.17 bits per heavy atom. The second kappa shape index (κ2) is 8.50. The van der Waals surface area contributed by atoms with Gasteiger partial charge < -0.3 is 21.8 Å². The van der Waals surface area contributed by atoms with Gasteiger partial charge in [0, 0.05) is 31.1 Å². The Labute approximate surface area is 167 Å². The minimum atomic E-state index is -4.31. The van der Waals surface area contributed by atoms with Crippen molar-refractivity contribution in [3.05, 3.63) is 53.5 Å². The molecular formula is C20H23F3N6. The van der Waals surface area contributed by atoms with E-state index in [1.165, 1.54) is 12.5 Å². The number of nitrogens with two attached hydrogens (primary N) is 2. The molecule has 1 fully saturated rings. The first-order valence-electron chi connectivity index (χ1n) is 9.27. The second-order valence-corrected chi connectivity index (χ2v) is 7.05. The lowest BCUT2D eigenvalue weighted by molar-refractivity contribution is -0.137. The maximum atomic E-state index is 12.7. The molecule has 3 rings (SSSR count). The zero-order valence-corrected chi connectivity index (χ0v) is 15.8. The van der Waals surface area contributed by atoms with Crippen LogP contribution in [0.25, 0.3) is 5.57 Å². The summed E-state index contributed by atoms with van der Waals surface area (Å²) in [6.07, 6.45) is 1.99. The summed E-state index contributed by atoms with van der Waals surface area (Å²) < 4.78 is 38.1. The zero-order valence-electron chi connectivity index (χ0n) is 15.8. The molecule has 154 valence electrons. The molecule has 1 saturated heterocycles. The van der Waals surface area contributed by atoms with Gasteiger partial charge in [0.25, 0.3) is 0 Å². The molecule has 0 aliphatic carbocycles. The van der Waals surface area contributed by atoms with E-state index in [-0.39, 0.29) is 5.82 Å². The van der Waals surface area contributed by atoms with Crippen molar-refractivity contribution in [2.45, 2.75) is 25.4 Å². The largest absolute Gasteiger partial charge is 0.416 e. The molecule has 9 heteroatoms. The van der Waals surface area contributed by atoms with Crippen LogP contribution in [0.3, 0.4) is 0 Å². The smallest absolute Gasteiger partial charge is 0.404 e. The van der Waals surface area contributed by atoms with E-state index in [9.17, 15) is 13.2 Å². The Morgan fingerprint density at radius 2 is 1.83 bits per heavy atom. The van der Waals surface area contributed by atoms with Gasteiger partial charge in [0.15, 0.2) is 0 Å². The number of hydrogen-bond acceptors (Lipinski definition) is 6. The average Bonchev–Trinajstić information content (AvgIpc) is 2.70. The van der Waals surface area contributed by atoms with Crippen molar-refractivity contribution >= 4 is 23.4 Å². The van der Waals surface area contributed by atoms with Gasteiger partial charge in [-0.3, -0.25) is 0 Å². The van der Waals surface area contributed by atoms with E-state index in [1.54, 1.807) is 12.1 Å². The maximum absolute atomic E-state index is 12.7. The number of allylic oxidation sites excluding steroid dienone is 1. The number of benzene rings is 1. The summed E-state index contributed by atoms with van der Waals surface area (Å²) >= 11 is 0. The Kier molecular flexibility index (Phi) is 6.05. The molecule has 0 radical (unpaired) electrons. The summed E-state index contributed by atoms with van der Waals surface area (Å²) in [6.45, 7) is 1.45. The molecule has 5 N–H and O–H groups in total. The Balaban J connectivity index is 1.67. The van der Waals surface area contributed by atoms with E-state index in [0.717, 1.165) is 56.3 Å². The number of alkyl halides is 3. The van der Waals surface area contributed by atoms with Crippen molar-refractivity contribution in [3.8, 4) is 0 Å². The molecule has 0 atom stereocenters. The van der Waals surface area contributed by atoms with Gasteiger partial charge in [-0.05, 0) is 42.9 Å². The Bertz CT molecular complexity index is 884. The fourth-order valence-electron chi connectivity index (χ4n) is 3.62. The molecule has 0 amide bonds. The molecule has 6 nitrogen and oxygen atoms in total. The molecule has 0 saturated carbocycles. The van der Waals surface area contributed by atoms with Crippen LogP contribution in [0.2, 0.25) is 0 Å². The van der Waals surface area contributed by atoms with Crippen molar-refractivity contribution in [2.24, 2.45) is 11.7 Å². The van der Waals surface area contributed by atoms with Gasteiger partial charge in [0.2, 0.25) is 0 Å². The number of nitrogens with one attached hydrogen (secondary N) is 1. The van der Waals surface area contributed by atoms with Crippen molar-refractivity contribution in [2.75, 3.05) is 23.7 Å². The third kappa shape index (κ3) is 4.67. The molecule has 0 spiro atoms. The molecule has 1 aliphatic heterocycles. The summed E-state index contributed by atoms with van der Waals surface area (Å²) in [5, 5.41) is 7.54. The average molecular weight is 404 g/mol. The molecule has 2 heterocycles. The number of halogens is 3. The van der Waals surface area contributed by atoms with Crippen molar-refractivity contribution < 1.29 is 13.2 Å². The third-order valence-electron chi connectivity index (χ3n) is 5.20. The predicted molar refractivity (Wildman–Crippen MR) is 107 cm³/mol. The lowest BCUT2D eigenvalue weighted by Gasteiger charge is -2.34. The number of piperidine rings is 1. The minimum absolute atomic E-state index is 0.266. The normalized spacial score (nSPS) is 16.1. The van der Waals surface area contributed by atoms with E-state index in [0.29, 0.717) is 22.9 Å². The van der Waals surface area contributed by atoms with Crippen LogP contribution in [0.1, 0.15) is 29.5 Å². The van der Waals surface area contributed by atoms with Crippen LogP contribution in [0.5, 0.6) is 0 Å². The number of rotatable bonds is 5.